The Balaban J connectivity index is 2.03. The fourth-order valence-corrected chi connectivity index (χ4v) is 2.50. The van der Waals surface area contributed by atoms with Gasteiger partial charge in [-0.2, -0.15) is 0 Å². The second-order valence-electron chi connectivity index (χ2n) is 4.67. The van der Waals surface area contributed by atoms with Crippen LogP contribution < -0.4 is 11.5 Å². The van der Waals surface area contributed by atoms with Crippen LogP contribution in [0.3, 0.4) is 0 Å². The molecule has 0 spiro atoms. The SMILES string of the molecule is Nc1ccc(CC2CCCCC2)c(N)c1. The van der Waals surface area contributed by atoms with Crippen molar-refractivity contribution in [3.05, 3.63) is 23.8 Å². The van der Waals surface area contributed by atoms with Crippen LogP contribution in [0.1, 0.15) is 37.7 Å². The molecule has 2 nitrogen and oxygen atoms in total. The number of rotatable bonds is 2. The summed E-state index contributed by atoms with van der Waals surface area (Å²) < 4.78 is 0. The minimum atomic E-state index is 0.764. The molecular weight excluding hydrogens is 184 g/mol. The summed E-state index contributed by atoms with van der Waals surface area (Å²) in [6, 6.07) is 5.91. The highest BCUT2D eigenvalue weighted by Gasteiger charge is 2.14. The van der Waals surface area contributed by atoms with Gasteiger partial charge in [0.1, 0.15) is 0 Å². The van der Waals surface area contributed by atoms with Crippen LogP contribution in [0.2, 0.25) is 0 Å². The topological polar surface area (TPSA) is 52.0 Å². The zero-order chi connectivity index (χ0) is 10.7. The molecule has 1 aliphatic carbocycles. The molecule has 2 heteroatoms. The van der Waals surface area contributed by atoms with Crippen LogP contribution in [0.5, 0.6) is 0 Å². The van der Waals surface area contributed by atoms with E-state index in [0.717, 1.165) is 23.7 Å². The monoisotopic (exact) mass is 204 g/mol. The number of hydrogen-bond donors (Lipinski definition) is 2. The zero-order valence-corrected chi connectivity index (χ0v) is 9.21. The van der Waals surface area contributed by atoms with Crippen molar-refractivity contribution in [3.8, 4) is 0 Å². The van der Waals surface area contributed by atoms with Crippen LogP contribution in [0.25, 0.3) is 0 Å². The molecule has 0 saturated heterocycles. The minimum absolute atomic E-state index is 0.764. The number of benzene rings is 1. The number of nitrogens with two attached hydrogens (primary N) is 2. The summed E-state index contributed by atoms with van der Waals surface area (Å²) in [5.74, 6) is 0.838. The van der Waals surface area contributed by atoms with Crippen molar-refractivity contribution in [2.75, 3.05) is 11.5 Å². The molecule has 0 aliphatic heterocycles. The van der Waals surface area contributed by atoms with E-state index in [0.29, 0.717) is 0 Å². The van der Waals surface area contributed by atoms with Gasteiger partial charge in [-0.15, -0.1) is 0 Å². The molecule has 1 saturated carbocycles. The first kappa shape index (κ1) is 10.3. The smallest absolute Gasteiger partial charge is 0.0367 e. The van der Waals surface area contributed by atoms with Crippen molar-refractivity contribution in [1.29, 1.82) is 0 Å². The highest BCUT2D eigenvalue weighted by Crippen LogP contribution is 2.29. The van der Waals surface area contributed by atoms with Crippen molar-refractivity contribution in [2.45, 2.75) is 38.5 Å². The van der Waals surface area contributed by atoms with Gasteiger partial charge in [-0.05, 0) is 30.0 Å². The predicted molar refractivity (Wildman–Crippen MR) is 65.5 cm³/mol. The Kier molecular flexibility index (Phi) is 3.14. The molecule has 1 fully saturated rings. The summed E-state index contributed by atoms with van der Waals surface area (Å²) in [5.41, 5.74) is 14.5. The number of anilines is 2. The molecule has 0 bridgehead atoms. The van der Waals surface area contributed by atoms with Crippen LogP contribution in [-0.4, -0.2) is 0 Å². The lowest BCUT2D eigenvalue weighted by molar-refractivity contribution is 0.357. The first-order valence-corrected chi connectivity index (χ1v) is 5.89. The van der Waals surface area contributed by atoms with Crippen LogP contribution in [0, 0.1) is 5.92 Å². The Morgan fingerprint density at radius 1 is 1.07 bits per heavy atom. The first-order chi connectivity index (χ1) is 7.25. The lowest BCUT2D eigenvalue weighted by atomic mass is 9.84. The zero-order valence-electron chi connectivity index (χ0n) is 9.21. The van der Waals surface area contributed by atoms with Crippen LogP contribution >= 0.6 is 0 Å². The van der Waals surface area contributed by atoms with Crippen molar-refractivity contribution in [3.63, 3.8) is 0 Å². The van der Waals surface area contributed by atoms with Crippen molar-refractivity contribution in [2.24, 2.45) is 5.92 Å². The maximum Gasteiger partial charge on any atom is 0.0367 e. The average Bonchev–Trinajstić information content (AvgIpc) is 2.24. The van der Waals surface area contributed by atoms with Gasteiger partial charge in [0.05, 0.1) is 0 Å². The normalized spacial score (nSPS) is 17.9. The Hall–Kier alpha value is -1.18. The van der Waals surface area contributed by atoms with Gasteiger partial charge in [-0.25, -0.2) is 0 Å². The lowest BCUT2D eigenvalue weighted by Gasteiger charge is -2.22. The van der Waals surface area contributed by atoms with Gasteiger partial charge >= 0.3 is 0 Å². The highest BCUT2D eigenvalue weighted by molar-refractivity contribution is 5.56. The van der Waals surface area contributed by atoms with Crippen LogP contribution in [0.4, 0.5) is 11.4 Å². The lowest BCUT2D eigenvalue weighted by Crippen LogP contribution is -2.10. The standard InChI is InChI=1S/C13H20N2/c14-12-7-6-11(13(15)9-12)8-10-4-2-1-3-5-10/h6-7,9-10H,1-5,8,14-15H2. The predicted octanol–water partition coefficient (Wildman–Crippen LogP) is 2.97. The van der Waals surface area contributed by atoms with Gasteiger partial charge in [0.25, 0.3) is 0 Å². The van der Waals surface area contributed by atoms with Gasteiger partial charge in [0.2, 0.25) is 0 Å². The molecular formula is C13H20N2. The van der Waals surface area contributed by atoms with E-state index < -0.39 is 0 Å². The molecule has 0 atom stereocenters. The number of nitrogen functional groups attached to an aromatic ring is 2. The van der Waals surface area contributed by atoms with Gasteiger partial charge in [-0.1, -0.05) is 38.2 Å². The van der Waals surface area contributed by atoms with E-state index in [9.17, 15) is 0 Å². The Morgan fingerprint density at radius 2 is 1.80 bits per heavy atom. The summed E-state index contributed by atoms with van der Waals surface area (Å²) in [5, 5.41) is 0. The molecule has 15 heavy (non-hydrogen) atoms. The third-order valence-corrected chi connectivity index (χ3v) is 3.40. The van der Waals surface area contributed by atoms with Crippen molar-refractivity contribution < 1.29 is 0 Å². The fourth-order valence-electron chi connectivity index (χ4n) is 2.50. The van der Waals surface area contributed by atoms with Gasteiger partial charge in [0.15, 0.2) is 0 Å². The van der Waals surface area contributed by atoms with Crippen LogP contribution in [-0.2, 0) is 6.42 Å². The van der Waals surface area contributed by atoms with Gasteiger partial charge in [0, 0.05) is 11.4 Å². The molecule has 0 unspecified atom stereocenters. The Morgan fingerprint density at radius 3 is 2.47 bits per heavy atom. The summed E-state index contributed by atoms with van der Waals surface area (Å²) in [6.07, 6.45) is 8.05. The second-order valence-corrected chi connectivity index (χ2v) is 4.67. The molecule has 1 aromatic rings. The summed E-state index contributed by atoms with van der Waals surface area (Å²) in [4.78, 5) is 0. The molecule has 0 aromatic heterocycles. The minimum Gasteiger partial charge on any atom is -0.399 e. The maximum absolute atomic E-state index is 5.96. The van der Waals surface area contributed by atoms with Crippen molar-refractivity contribution >= 4 is 11.4 Å². The summed E-state index contributed by atoms with van der Waals surface area (Å²) in [7, 11) is 0. The van der Waals surface area contributed by atoms with Gasteiger partial charge in [-0.3, -0.25) is 0 Å². The third-order valence-electron chi connectivity index (χ3n) is 3.40. The van der Waals surface area contributed by atoms with E-state index in [2.05, 4.69) is 6.07 Å². The highest BCUT2D eigenvalue weighted by atomic mass is 14.6. The largest absolute Gasteiger partial charge is 0.399 e. The van der Waals surface area contributed by atoms with Gasteiger partial charge < -0.3 is 11.5 Å². The first-order valence-electron chi connectivity index (χ1n) is 5.89. The second kappa shape index (κ2) is 4.56. The van der Waals surface area contributed by atoms with E-state index >= 15 is 0 Å². The van der Waals surface area contributed by atoms with Crippen molar-refractivity contribution in [1.82, 2.24) is 0 Å². The summed E-state index contributed by atoms with van der Waals surface area (Å²) in [6.45, 7) is 0. The van der Waals surface area contributed by atoms with E-state index in [1.54, 1.807) is 0 Å². The molecule has 0 radical (unpaired) electrons. The molecule has 82 valence electrons. The van der Waals surface area contributed by atoms with Crippen LogP contribution in [0.15, 0.2) is 18.2 Å². The summed E-state index contributed by atoms with van der Waals surface area (Å²) >= 11 is 0. The van der Waals surface area contributed by atoms with E-state index in [1.165, 1.54) is 37.7 Å². The Labute approximate surface area is 91.7 Å². The van der Waals surface area contributed by atoms with E-state index in [-0.39, 0.29) is 0 Å². The quantitative estimate of drug-likeness (QED) is 0.728. The molecule has 0 amide bonds. The van der Waals surface area contributed by atoms with E-state index in [4.69, 9.17) is 11.5 Å². The molecule has 0 heterocycles. The van der Waals surface area contributed by atoms with E-state index in [1.807, 2.05) is 12.1 Å². The molecule has 1 aliphatic rings. The molecule has 2 rings (SSSR count). The Bertz CT molecular complexity index is 327. The molecule has 1 aromatic carbocycles. The molecule has 4 N–H and O–H groups in total. The maximum atomic E-state index is 5.96. The number of hydrogen-bond acceptors (Lipinski definition) is 2. The average molecular weight is 204 g/mol. The third kappa shape index (κ3) is 2.65. The fraction of sp³-hybridized carbons (Fsp3) is 0.538.